The van der Waals surface area contributed by atoms with E-state index in [0.29, 0.717) is 5.92 Å². The summed E-state index contributed by atoms with van der Waals surface area (Å²) in [5, 5.41) is 11.1. The molecule has 5 heteroatoms. The fraction of sp³-hybridized carbons (Fsp3) is 0.263. The molecule has 3 heterocycles. The van der Waals surface area contributed by atoms with Crippen molar-refractivity contribution in [2.24, 2.45) is 0 Å². The van der Waals surface area contributed by atoms with Crippen LogP contribution in [0.15, 0.2) is 48.8 Å². The summed E-state index contributed by atoms with van der Waals surface area (Å²) in [5.41, 5.74) is 4.94. The number of rotatable bonds is 3. The minimum atomic E-state index is -0.239. The molecule has 0 saturated carbocycles. The van der Waals surface area contributed by atoms with Gasteiger partial charge >= 0.3 is 0 Å². The van der Waals surface area contributed by atoms with Crippen LogP contribution in [0, 0.1) is 5.82 Å². The van der Waals surface area contributed by atoms with Gasteiger partial charge in [0.1, 0.15) is 5.82 Å². The largest absolute Gasteiger partial charge is 0.317 e. The Hall–Kier alpha value is -2.53. The summed E-state index contributed by atoms with van der Waals surface area (Å²) in [6, 6.07) is 10.6. The highest BCUT2D eigenvalue weighted by Gasteiger charge is 2.25. The molecule has 0 radical (unpaired) electrons. The van der Waals surface area contributed by atoms with Crippen LogP contribution in [0.5, 0.6) is 0 Å². The van der Waals surface area contributed by atoms with Crippen LogP contribution in [0.3, 0.4) is 0 Å². The normalized spacial score (nSPS) is 15.5. The number of pyridine rings is 1. The van der Waals surface area contributed by atoms with Crippen molar-refractivity contribution in [3.8, 4) is 22.5 Å². The number of piperidine rings is 1. The summed E-state index contributed by atoms with van der Waals surface area (Å²) in [6.45, 7) is 1.99. The maximum Gasteiger partial charge on any atom is 0.123 e. The van der Waals surface area contributed by atoms with Gasteiger partial charge in [0, 0.05) is 29.1 Å². The number of aromatic amines is 1. The zero-order valence-corrected chi connectivity index (χ0v) is 13.3. The van der Waals surface area contributed by atoms with Crippen LogP contribution in [0.25, 0.3) is 22.5 Å². The second-order valence-corrected chi connectivity index (χ2v) is 6.13. The van der Waals surface area contributed by atoms with Crippen LogP contribution >= 0.6 is 0 Å². The van der Waals surface area contributed by atoms with E-state index in [-0.39, 0.29) is 5.82 Å². The summed E-state index contributed by atoms with van der Waals surface area (Å²) in [5.74, 6) is 0.170. The van der Waals surface area contributed by atoms with Gasteiger partial charge in [0.25, 0.3) is 0 Å². The van der Waals surface area contributed by atoms with Gasteiger partial charge in [0.2, 0.25) is 0 Å². The highest BCUT2D eigenvalue weighted by atomic mass is 19.1. The summed E-state index contributed by atoms with van der Waals surface area (Å²) in [7, 11) is 0. The molecule has 1 aliphatic heterocycles. The van der Waals surface area contributed by atoms with Gasteiger partial charge in [-0.05, 0) is 56.1 Å². The summed E-state index contributed by atoms with van der Waals surface area (Å²) >= 11 is 0. The topological polar surface area (TPSA) is 53.6 Å². The van der Waals surface area contributed by atoms with Crippen molar-refractivity contribution in [1.82, 2.24) is 20.5 Å². The Morgan fingerprint density at radius 2 is 1.79 bits per heavy atom. The van der Waals surface area contributed by atoms with E-state index >= 15 is 0 Å². The molecule has 0 unspecified atom stereocenters. The maximum absolute atomic E-state index is 13.7. The average molecular weight is 322 g/mol. The molecular formula is C19H19FN4. The number of nitrogens with zero attached hydrogens (tertiary/aromatic N) is 2. The molecule has 1 fully saturated rings. The fourth-order valence-corrected chi connectivity index (χ4v) is 3.45. The Kier molecular flexibility index (Phi) is 4.09. The first-order chi connectivity index (χ1) is 11.8. The molecule has 4 nitrogen and oxygen atoms in total. The Morgan fingerprint density at radius 1 is 1.00 bits per heavy atom. The molecule has 2 aromatic heterocycles. The lowest BCUT2D eigenvalue weighted by Crippen LogP contribution is -2.27. The zero-order chi connectivity index (χ0) is 16.4. The third-order valence-electron chi connectivity index (χ3n) is 4.62. The Balaban J connectivity index is 1.86. The fourth-order valence-electron chi connectivity index (χ4n) is 3.45. The highest BCUT2D eigenvalue weighted by Crippen LogP contribution is 2.39. The third-order valence-corrected chi connectivity index (χ3v) is 4.62. The zero-order valence-electron chi connectivity index (χ0n) is 13.3. The van der Waals surface area contributed by atoms with Gasteiger partial charge in [-0.1, -0.05) is 12.1 Å². The van der Waals surface area contributed by atoms with Crippen molar-refractivity contribution in [1.29, 1.82) is 0 Å². The predicted molar refractivity (Wildman–Crippen MR) is 92.1 cm³/mol. The minimum absolute atomic E-state index is 0.239. The van der Waals surface area contributed by atoms with Gasteiger partial charge in [-0.3, -0.25) is 10.1 Å². The number of halogens is 1. The molecule has 4 rings (SSSR count). The van der Waals surface area contributed by atoms with Crippen molar-refractivity contribution in [2.45, 2.75) is 18.8 Å². The molecule has 1 aromatic carbocycles. The molecule has 1 aliphatic rings. The Bertz CT molecular complexity index is 822. The second kappa shape index (κ2) is 6.53. The van der Waals surface area contributed by atoms with Gasteiger partial charge < -0.3 is 5.32 Å². The molecule has 122 valence electrons. The number of nitrogens with one attached hydrogen (secondary N) is 2. The van der Waals surface area contributed by atoms with E-state index in [1.165, 1.54) is 11.6 Å². The number of H-pyrrole nitrogens is 1. The van der Waals surface area contributed by atoms with E-state index in [2.05, 4.69) is 20.5 Å². The van der Waals surface area contributed by atoms with Crippen molar-refractivity contribution in [3.05, 3.63) is 60.2 Å². The highest BCUT2D eigenvalue weighted by molar-refractivity contribution is 5.74. The Labute approximate surface area is 140 Å². The van der Waals surface area contributed by atoms with Gasteiger partial charge in [-0.2, -0.15) is 5.10 Å². The monoisotopic (exact) mass is 322 g/mol. The van der Waals surface area contributed by atoms with E-state index in [0.717, 1.165) is 48.4 Å². The SMILES string of the molecule is Fc1cccc(-c2n[nH]c(-c3ccncc3)c2C2CCNCC2)c1. The summed E-state index contributed by atoms with van der Waals surface area (Å²) in [6.07, 6.45) is 5.67. The first-order valence-electron chi connectivity index (χ1n) is 8.28. The maximum atomic E-state index is 13.7. The van der Waals surface area contributed by atoms with Crippen molar-refractivity contribution >= 4 is 0 Å². The first kappa shape index (κ1) is 15.0. The molecule has 1 saturated heterocycles. The minimum Gasteiger partial charge on any atom is -0.317 e. The van der Waals surface area contributed by atoms with E-state index < -0.39 is 0 Å². The van der Waals surface area contributed by atoms with Crippen LogP contribution < -0.4 is 5.32 Å². The number of benzene rings is 1. The first-order valence-corrected chi connectivity index (χ1v) is 8.28. The molecule has 24 heavy (non-hydrogen) atoms. The van der Waals surface area contributed by atoms with Crippen molar-refractivity contribution in [2.75, 3.05) is 13.1 Å². The smallest absolute Gasteiger partial charge is 0.123 e. The summed E-state index contributed by atoms with van der Waals surface area (Å²) in [4.78, 5) is 4.10. The van der Waals surface area contributed by atoms with Crippen LogP contribution in [0.4, 0.5) is 4.39 Å². The average Bonchev–Trinajstić information content (AvgIpc) is 3.08. The molecule has 0 spiro atoms. The van der Waals surface area contributed by atoms with Crippen molar-refractivity contribution < 1.29 is 4.39 Å². The molecule has 0 atom stereocenters. The standard InChI is InChI=1S/C19H19FN4/c20-16-3-1-2-15(12-16)19-17(13-4-8-21-9-5-13)18(23-24-19)14-6-10-22-11-7-14/h1-3,6-7,10-13,21H,4-5,8-9H2,(H,23,24). The lowest BCUT2D eigenvalue weighted by molar-refractivity contribution is 0.462. The molecule has 0 amide bonds. The third kappa shape index (κ3) is 2.83. The summed E-state index contributed by atoms with van der Waals surface area (Å²) < 4.78 is 13.7. The van der Waals surface area contributed by atoms with E-state index in [9.17, 15) is 4.39 Å². The molecule has 3 aromatic rings. The van der Waals surface area contributed by atoms with Crippen LogP contribution in [-0.4, -0.2) is 28.3 Å². The van der Waals surface area contributed by atoms with Gasteiger partial charge in [-0.25, -0.2) is 4.39 Å². The van der Waals surface area contributed by atoms with Gasteiger partial charge in [0.15, 0.2) is 0 Å². The molecule has 0 bridgehead atoms. The van der Waals surface area contributed by atoms with Crippen molar-refractivity contribution in [3.63, 3.8) is 0 Å². The van der Waals surface area contributed by atoms with Crippen LogP contribution in [-0.2, 0) is 0 Å². The second-order valence-electron chi connectivity index (χ2n) is 6.13. The molecular weight excluding hydrogens is 303 g/mol. The Morgan fingerprint density at radius 3 is 2.54 bits per heavy atom. The lowest BCUT2D eigenvalue weighted by atomic mass is 9.85. The molecule has 0 aliphatic carbocycles. The van der Waals surface area contributed by atoms with Crippen LogP contribution in [0.1, 0.15) is 24.3 Å². The van der Waals surface area contributed by atoms with Crippen LogP contribution in [0.2, 0.25) is 0 Å². The number of hydrogen-bond acceptors (Lipinski definition) is 3. The van der Waals surface area contributed by atoms with E-state index in [1.807, 2.05) is 18.2 Å². The number of hydrogen-bond donors (Lipinski definition) is 2. The van der Waals surface area contributed by atoms with Gasteiger partial charge in [0.05, 0.1) is 11.4 Å². The number of aromatic nitrogens is 3. The quantitative estimate of drug-likeness (QED) is 0.772. The van der Waals surface area contributed by atoms with E-state index in [1.54, 1.807) is 24.5 Å². The lowest BCUT2D eigenvalue weighted by Gasteiger charge is -2.24. The molecule has 2 N–H and O–H groups in total. The van der Waals surface area contributed by atoms with E-state index in [4.69, 9.17) is 0 Å². The predicted octanol–water partition coefficient (Wildman–Crippen LogP) is 3.74. The van der Waals surface area contributed by atoms with Gasteiger partial charge in [-0.15, -0.1) is 0 Å².